The summed E-state index contributed by atoms with van der Waals surface area (Å²) in [7, 11) is -2.26. The van der Waals surface area contributed by atoms with Crippen LogP contribution in [-0.4, -0.2) is 56.4 Å². The Hall–Kier alpha value is -2.88. The van der Waals surface area contributed by atoms with Crippen molar-refractivity contribution in [1.29, 1.82) is 0 Å². The first-order valence-electron chi connectivity index (χ1n) is 12.5. The number of sulfonamides is 1. The Morgan fingerprint density at radius 1 is 1.14 bits per heavy atom. The molecule has 1 amide bonds. The molecule has 0 radical (unpaired) electrons. The van der Waals surface area contributed by atoms with Crippen molar-refractivity contribution in [3.63, 3.8) is 0 Å². The fraction of sp³-hybridized carbons (Fsp3) is 0.393. The van der Waals surface area contributed by atoms with Gasteiger partial charge in [0.1, 0.15) is 6.61 Å². The predicted octanol–water partition coefficient (Wildman–Crippen LogP) is 5.06. The van der Waals surface area contributed by atoms with Gasteiger partial charge < -0.3 is 14.4 Å². The Kier molecular flexibility index (Phi) is 8.56. The van der Waals surface area contributed by atoms with E-state index in [0.717, 1.165) is 17.5 Å². The third kappa shape index (κ3) is 5.84. The Labute approximate surface area is 223 Å². The van der Waals surface area contributed by atoms with E-state index in [9.17, 15) is 13.2 Å². The number of amides is 1. The maximum absolute atomic E-state index is 13.8. The van der Waals surface area contributed by atoms with Crippen LogP contribution in [-0.2, 0) is 21.2 Å². The molecule has 7 nitrogen and oxygen atoms in total. The van der Waals surface area contributed by atoms with Crippen LogP contribution < -0.4 is 9.47 Å². The summed E-state index contributed by atoms with van der Waals surface area (Å²) in [5.74, 6) is 0.985. The Balaban J connectivity index is 1.60. The van der Waals surface area contributed by atoms with Crippen LogP contribution in [0.2, 0.25) is 0 Å². The largest absolute Gasteiger partial charge is 0.493 e. The number of ether oxygens (including phenoxy) is 2. The van der Waals surface area contributed by atoms with Crippen molar-refractivity contribution in [2.24, 2.45) is 0 Å². The van der Waals surface area contributed by atoms with Crippen LogP contribution >= 0.6 is 11.3 Å². The van der Waals surface area contributed by atoms with Crippen LogP contribution in [0.4, 0.5) is 0 Å². The summed E-state index contributed by atoms with van der Waals surface area (Å²) in [6.07, 6.45) is 1.32. The lowest BCUT2D eigenvalue weighted by molar-refractivity contribution is -0.135. The van der Waals surface area contributed by atoms with Crippen molar-refractivity contribution < 1.29 is 22.7 Å². The Bertz CT molecular complexity index is 1320. The van der Waals surface area contributed by atoms with Crippen LogP contribution in [0.25, 0.3) is 0 Å². The molecule has 0 N–H and O–H groups in total. The van der Waals surface area contributed by atoms with Gasteiger partial charge in [-0.2, -0.15) is 4.31 Å². The molecule has 0 unspecified atom stereocenters. The maximum Gasteiger partial charge on any atom is 0.243 e. The van der Waals surface area contributed by atoms with E-state index < -0.39 is 10.0 Å². The average molecular weight is 543 g/mol. The number of para-hydroxylation sites is 2. The van der Waals surface area contributed by atoms with Gasteiger partial charge >= 0.3 is 0 Å². The van der Waals surface area contributed by atoms with Gasteiger partial charge in [-0.3, -0.25) is 4.79 Å². The number of aryl methyl sites for hydroxylation is 1. The Morgan fingerprint density at radius 2 is 1.84 bits per heavy atom. The molecule has 3 aromatic rings. The van der Waals surface area contributed by atoms with Crippen LogP contribution in [0.3, 0.4) is 0 Å². The highest BCUT2D eigenvalue weighted by Crippen LogP contribution is 2.35. The minimum absolute atomic E-state index is 0.195. The zero-order valence-electron chi connectivity index (χ0n) is 21.7. The third-order valence-corrected chi connectivity index (χ3v) is 9.85. The standard InChI is InChI=1S/C28H34N2O5S2/c1-5-21(3)30(37(32,33)22-12-10-20(2)11-13-22)18-28(31)29-16-14-27-23(15-17-36-27)24(29)19-35-26-9-7-6-8-25(26)34-4/h6-13,15,17,21,24H,5,14,16,18-19H2,1-4H3/t21-,24-/m0/s1. The number of hydrogen-bond acceptors (Lipinski definition) is 6. The molecule has 0 fully saturated rings. The van der Waals surface area contributed by atoms with Crippen molar-refractivity contribution in [3.8, 4) is 11.5 Å². The first kappa shape index (κ1) is 27.2. The van der Waals surface area contributed by atoms with E-state index in [1.807, 2.05) is 56.5 Å². The molecule has 2 aromatic carbocycles. The van der Waals surface area contributed by atoms with Gasteiger partial charge in [-0.15, -0.1) is 11.3 Å². The van der Waals surface area contributed by atoms with Gasteiger partial charge in [0.05, 0.1) is 24.6 Å². The normalized spacial score (nSPS) is 16.4. The van der Waals surface area contributed by atoms with Crippen LogP contribution in [0.15, 0.2) is 64.9 Å². The van der Waals surface area contributed by atoms with Crippen LogP contribution in [0.1, 0.15) is 42.3 Å². The number of benzene rings is 2. The molecule has 4 rings (SSSR count). The van der Waals surface area contributed by atoms with Gasteiger partial charge in [-0.25, -0.2) is 8.42 Å². The van der Waals surface area contributed by atoms with Gasteiger partial charge in [-0.05, 0) is 68.0 Å². The van der Waals surface area contributed by atoms with E-state index in [1.165, 1.54) is 9.18 Å². The van der Waals surface area contributed by atoms with Gasteiger partial charge in [0.15, 0.2) is 11.5 Å². The summed E-state index contributed by atoms with van der Waals surface area (Å²) >= 11 is 1.67. The smallest absolute Gasteiger partial charge is 0.243 e. The highest BCUT2D eigenvalue weighted by Gasteiger charge is 2.36. The number of carbonyl (C=O) groups excluding carboxylic acids is 1. The summed E-state index contributed by atoms with van der Waals surface area (Å²) < 4.78 is 40.1. The lowest BCUT2D eigenvalue weighted by Gasteiger charge is -2.37. The monoisotopic (exact) mass is 542 g/mol. The van der Waals surface area contributed by atoms with Crippen molar-refractivity contribution in [3.05, 3.63) is 76.0 Å². The number of rotatable bonds is 10. The van der Waals surface area contributed by atoms with Crippen molar-refractivity contribution in [2.45, 2.75) is 50.6 Å². The summed E-state index contributed by atoms with van der Waals surface area (Å²) in [5, 5.41) is 2.03. The molecule has 1 aliphatic heterocycles. The topological polar surface area (TPSA) is 76.2 Å². The molecule has 198 valence electrons. The molecule has 0 aliphatic carbocycles. The molecule has 37 heavy (non-hydrogen) atoms. The fourth-order valence-corrected chi connectivity index (χ4v) is 7.11. The van der Waals surface area contributed by atoms with E-state index in [4.69, 9.17) is 9.47 Å². The third-order valence-electron chi connectivity index (χ3n) is 6.88. The lowest BCUT2D eigenvalue weighted by Crippen LogP contribution is -2.49. The highest BCUT2D eigenvalue weighted by molar-refractivity contribution is 7.89. The molecule has 0 saturated carbocycles. The molecule has 1 aliphatic rings. The summed E-state index contributed by atoms with van der Waals surface area (Å²) in [6.45, 7) is 6.20. The summed E-state index contributed by atoms with van der Waals surface area (Å²) in [6, 6.07) is 15.5. The first-order valence-corrected chi connectivity index (χ1v) is 14.8. The van der Waals surface area contributed by atoms with Gasteiger partial charge in [0.25, 0.3) is 0 Å². The summed E-state index contributed by atoms with van der Waals surface area (Å²) in [4.78, 5) is 17.0. The molecule has 9 heteroatoms. The number of thiophene rings is 1. The number of fused-ring (bicyclic) bond motifs is 1. The second-order valence-electron chi connectivity index (χ2n) is 9.23. The van der Waals surface area contributed by atoms with Crippen molar-refractivity contribution in [2.75, 3.05) is 26.8 Å². The van der Waals surface area contributed by atoms with Crippen LogP contribution in [0, 0.1) is 6.92 Å². The zero-order valence-corrected chi connectivity index (χ0v) is 23.3. The van der Waals surface area contributed by atoms with E-state index in [2.05, 4.69) is 0 Å². The van der Waals surface area contributed by atoms with E-state index in [1.54, 1.807) is 47.6 Å². The fourth-order valence-electron chi connectivity index (χ4n) is 4.53. The molecular weight excluding hydrogens is 508 g/mol. The maximum atomic E-state index is 13.8. The molecule has 1 aromatic heterocycles. The van der Waals surface area contributed by atoms with Gasteiger partial charge in [0.2, 0.25) is 15.9 Å². The molecule has 2 heterocycles. The SMILES string of the molecule is CC[C@H](C)N(CC(=O)N1CCc2sccc2[C@@H]1COc1ccccc1OC)S(=O)(=O)c1ccc(C)cc1. The number of nitrogens with zero attached hydrogens (tertiary/aromatic N) is 2. The quantitative estimate of drug-likeness (QED) is 0.358. The molecule has 0 saturated heterocycles. The van der Waals surface area contributed by atoms with Gasteiger partial charge in [0, 0.05) is 17.5 Å². The van der Waals surface area contributed by atoms with E-state index >= 15 is 0 Å². The molecular formula is C28H34N2O5S2. The minimum Gasteiger partial charge on any atom is -0.493 e. The molecule has 0 spiro atoms. The minimum atomic E-state index is -3.85. The van der Waals surface area contributed by atoms with E-state index in [-0.39, 0.29) is 36.0 Å². The van der Waals surface area contributed by atoms with Crippen LogP contribution in [0.5, 0.6) is 11.5 Å². The van der Waals surface area contributed by atoms with Gasteiger partial charge in [-0.1, -0.05) is 36.8 Å². The van der Waals surface area contributed by atoms with Crippen molar-refractivity contribution >= 4 is 27.3 Å². The summed E-state index contributed by atoms with van der Waals surface area (Å²) in [5.41, 5.74) is 2.03. The molecule has 2 atom stereocenters. The average Bonchev–Trinajstić information content (AvgIpc) is 3.39. The predicted molar refractivity (Wildman–Crippen MR) is 146 cm³/mol. The first-order chi connectivity index (χ1) is 17.8. The zero-order chi connectivity index (χ0) is 26.6. The van der Waals surface area contributed by atoms with Crippen molar-refractivity contribution in [1.82, 2.24) is 9.21 Å². The van der Waals surface area contributed by atoms with E-state index in [0.29, 0.717) is 24.5 Å². The Morgan fingerprint density at radius 3 is 2.51 bits per heavy atom. The molecule has 0 bridgehead atoms. The second kappa shape index (κ2) is 11.7. The number of carbonyl (C=O) groups is 1. The number of hydrogen-bond donors (Lipinski definition) is 0. The second-order valence-corrected chi connectivity index (χ2v) is 12.1. The highest BCUT2D eigenvalue weighted by atomic mass is 32.2. The lowest BCUT2D eigenvalue weighted by atomic mass is 10.0. The number of methoxy groups -OCH3 is 1.